The summed E-state index contributed by atoms with van der Waals surface area (Å²) in [5.74, 6) is 0. The number of non-ortho nitro benzene ring substituents is 1. The number of nitrogens with zero attached hydrogens (tertiary/aromatic N) is 3. The zero-order chi connectivity index (χ0) is 18.6. The molecule has 0 saturated carbocycles. The topological polar surface area (TPSA) is 150 Å². The Kier molecular flexibility index (Phi) is 3.45. The fourth-order valence-corrected chi connectivity index (χ4v) is 3.88. The highest BCUT2D eigenvalue weighted by Crippen LogP contribution is 2.35. The largest absolute Gasteiger partial charge is 0.403 e. The Bertz CT molecular complexity index is 1330. The van der Waals surface area contributed by atoms with Gasteiger partial charge < -0.3 is 10.2 Å². The lowest BCUT2D eigenvalue weighted by molar-refractivity contribution is -0.384. The summed E-state index contributed by atoms with van der Waals surface area (Å²) in [5, 5.41) is 17.0. The number of thiazole rings is 1. The molecule has 130 valence electrons. The van der Waals surface area contributed by atoms with E-state index >= 15 is 0 Å². The summed E-state index contributed by atoms with van der Waals surface area (Å²) in [7, 11) is 0. The number of nitro benzene ring substituents is 1. The lowest BCUT2D eigenvalue weighted by atomic mass is 10.0. The molecule has 0 amide bonds. The van der Waals surface area contributed by atoms with E-state index in [9.17, 15) is 19.7 Å². The van der Waals surface area contributed by atoms with Crippen molar-refractivity contribution >= 4 is 49.6 Å². The fraction of sp³-hybridized carbons (Fsp3) is 0. The summed E-state index contributed by atoms with van der Waals surface area (Å²) in [4.78, 5) is 34.8. The molecule has 0 bridgehead atoms. The van der Waals surface area contributed by atoms with Crippen molar-refractivity contribution in [2.24, 2.45) is 5.73 Å². The molecular weight excluding hydrogens is 382 g/mol. The van der Waals surface area contributed by atoms with Gasteiger partial charge in [0.1, 0.15) is 15.3 Å². The van der Waals surface area contributed by atoms with Gasteiger partial charge in [0.15, 0.2) is 0 Å². The fourth-order valence-electron chi connectivity index (χ4n) is 2.62. The maximum atomic E-state index is 12.4. The van der Waals surface area contributed by atoms with Crippen LogP contribution in [0.4, 0.5) is 5.69 Å². The third-order valence-electron chi connectivity index (χ3n) is 3.72. The number of aromatic nitrogens is 3. The Balaban J connectivity index is 2.15. The van der Waals surface area contributed by atoms with Crippen LogP contribution in [0.5, 0.6) is 0 Å². The van der Waals surface area contributed by atoms with Gasteiger partial charge in [-0.2, -0.15) is 0 Å². The SMILES string of the molecule is NC(=S)c1c(-c2ccc([N+](=O)[O-])cc2)c2sc3n[nH]c(=O)n3c2oc1=O. The molecule has 26 heavy (non-hydrogen) atoms. The van der Waals surface area contributed by atoms with E-state index in [1.165, 1.54) is 24.3 Å². The number of thiocarbonyl (C=S) groups is 1. The molecule has 0 aliphatic heterocycles. The number of fused-ring (bicyclic) bond motifs is 3. The second-order valence-electron chi connectivity index (χ2n) is 5.19. The molecule has 4 aromatic rings. The highest BCUT2D eigenvalue weighted by molar-refractivity contribution is 7.80. The van der Waals surface area contributed by atoms with E-state index in [0.29, 0.717) is 15.8 Å². The molecule has 1 aromatic carbocycles. The molecule has 3 heterocycles. The molecule has 4 rings (SSSR count). The van der Waals surface area contributed by atoms with Gasteiger partial charge in [-0.3, -0.25) is 10.1 Å². The first-order valence-corrected chi connectivity index (χ1v) is 8.22. The van der Waals surface area contributed by atoms with Gasteiger partial charge >= 0.3 is 11.3 Å². The van der Waals surface area contributed by atoms with Crippen molar-refractivity contribution in [3.05, 3.63) is 60.8 Å². The van der Waals surface area contributed by atoms with E-state index in [-0.39, 0.29) is 26.9 Å². The second-order valence-corrected chi connectivity index (χ2v) is 6.61. The summed E-state index contributed by atoms with van der Waals surface area (Å²) in [5.41, 5.74) is 4.99. The molecule has 0 saturated heterocycles. The van der Waals surface area contributed by atoms with Crippen LogP contribution in [0.25, 0.3) is 26.5 Å². The van der Waals surface area contributed by atoms with Crippen LogP contribution in [0.3, 0.4) is 0 Å². The van der Waals surface area contributed by atoms with Crippen LogP contribution in [-0.4, -0.2) is 24.5 Å². The molecule has 0 aliphatic rings. The van der Waals surface area contributed by atoms with Gasteiger partial charge in [0, 0.05) is 17.7 Å². The smallest absolute Gasteiger partial charge is 0.351 e. The number of rotatable bonds is 3. The minimum atomic E-state index is -0.814. The van der Waals surface area contributed by atoms with Crippen LogP contribution in [0.2, 0.25) is 0 Å². The van der Waals surface area contributed by atoms with Crippen molar-refractivity contribution in [2.75, 3.05) is 0 Å². The number of hydrogen-bond acceptors (Lipinski definition) is 8. The van der Waals surface area contributed by atoms with E-state index in [0.717, 1.165) is 15.7 Å². The molecule has 0 unspecified atom stereocenters. The van der Waals surface area contributed by atoms with Crippen LogP contribution >= 0.6 is 23.6 Å². The summed E-state index contributed by atoms with van der Waals surface area (Å²) in [6, 6.07) is 5.54. The van der Waals surface area contributed by atoms with Crippen molar-refractivity contribution in [1.29, 1.82) is 0 Å². The van der Waals surface area contributed by atoms with Crippen LogP contribution < -0.4 is 17.0 Å². The number of aromatic amines is 1. The Morgan fingerprint density at radius 2 is 2.04 bits per heavy atom. The van der Waals surface area contributed by atoms with E-state index in [2.05, 4.69) is 10.2 Å². The first-order chi connectivity index (χ1) is 12.4. The average Bonchev–Trinajstić information content (AvgIpc) is 3.13. The van der Waals surface area contributed by atoms with Gasteiger partial charge in [-0.1, -0.05) is 23.6 Å². The minimum absolute atomic E-state index is 0.00195. The maximum absolute atomic E-state index is 12.4. The number of nitrogens with one attached hydrogen (secondary N) is 1. The van der Waals surface area contributed by atoms with Crippen molar-refractivity contribution < 1.29 is 9.34 Å². The van der Waals surface area contributed by atoms with E-state index in [1.807, 2.05) is 0 Å². The Hall–Kier alpha value is -3.38. The number of H-pyrrole nitrogens is 1. The first kappa shape index (κ1) is 16.1. The molecule has 0 fully saturated rings. The zero-order valence-corrected chi connectivity index (χ0v) is 14.2. The summed E-state index contributed by atoms with van der Waals surface area (Å²) >= 11 is 6.07. The third kappa shape index (κ3) is 2.23. The van der Waals surface area contributed by atoms with Crippen molar-refractivity contribution in [2.45, 2.75) is 0 Å². The Labute approximate surface area is 151 Å². The van der Waals surface area contributed by atoms with Gasteiger partial charge in [0.25, 0.3) is 5.69 Å². The van der Waals surface area contributed by atoms with E-state index in [4.69, 9.17) is 22.4 Å². The predicted octanol–water partition coefficient (Wildman–Crippen LogP) is 1.40. The minimum Gasteiger partial charge on any atom is -0.403 e. The van der Waals surface area contributed by atoms with Gasteiger partial charge in [-0.25, -0.2) is 19.1 Å². The maximum Gasteiger partial charge on any atom is 0.351 e. The number of nitro groups is 1. The van der Waals surface area contributed by atoms with Crippen LogP contribution in [0.1, 0.15) is 5.56 Å². The summed E-state index contributed by atoms with van der Waals surface area (Å²) in [6.07, 6.45) is 0. The summed E-state index contributed by atoms with van der Waals surface area (Å²) in [6.45, 7) is 0. The molecule has 3 aromatic heterocycles. The summed E-state index contributed by atoms with van der Waals surface area (Å²) < 4.78 is 6.80. The first-order valence-electron chi connectivity index (χ1n) is 7.00. The van der Waals surface area contributed by atoms with Crippen molar-refractivity contribution in [3.8, 4) is 11.1 Å². The van der Waals surface area contributed by atoms with Gasteiger partial charge in [0.2, 0.25) is 10.7 Å². The molecule has 0 radical (unpaired) electrons. The van der Waals surface area contributed by atoms with Crippen LogP contribution in [0.15, 0.2) is 38.3 Å². The molecule has 3 N–H and O–H groups in total. The molecule has 10 nitrogen and oxygen atoms in total. The monoisotopic (exact) mass is 389 g/mol. The van der Waals surface area contributed by atoms with Gasteiger partial charge in [-0.15, -0.1) is 5.10 Å². The molecular formula is C14H7N5O5S2. The molecule has 0 spiro atoms. The highest BCUT2D eigenvalue weighted by Gasteiger charge is 2.24. The van der Waals surface area contributed by atoms with Crippen molar-refractivity contribution in [3.63, 3.8) is 0 Å². The highest BCUT2D eigenvalue weighted by atomic mass is 32.1. The van der Waals surface area contributed by atoms with E-state index in [1.54, 1.807) is 0 Å². The Morgan fingerprint density at radius 3 is 2.65 bits per heavy atom. The molecule has 0 aliphatic carbocycles. The normalized spacial score (nSPS) is 11.2. The van der Waals surface area contributed by atoms with Crippen LogP contribution in [-0.2, 0) is 0 Å². The molecule has 0 atom stereocenters. The van der Waals surface area contributed by atoms with Gasteiger partial charge in [0.05, 0.1) is 4.92 Å². The number of hydrogen-bond donors (Lipinski definition) is 2. The quantitative estimate of drug-likeness (QED) is 0.303. The lowest BCUT2D eigenvalue weighted by Gasteiger charge is -2.08. The Morgan fingerprint density at radius 1 is 1.35 bits per heavy atom. The average molecular weight is 389 g/mol. The standard InChI is InChI=1S/C14H7N5O5S2/c15-10(25)8-7(5-1-3-6(4-2-5)19(22)23)9-11(24-12(8)20)18-13(21)16-17-14(18)26-9/h1-4H,(H2,15,25)(H,16,21). The van der Waals surface area contributed by atoms with Crippen LogP contribution in [0, 0.1) is 10.1 Å². The van der Waals surface area contributed by atoms with Crippen molar-refractivity contribution in [1.82, 2.24) is 14.6 Å². The number of benzene rings is 1. The second kappa shape index (κ2) is 5.57. The third-order valence-corrected chi connectivity index (χ3v) is 4.96. The predicted molar refractivity (Wildman–Crippen MR) is 97.7 cm³/mol. The molecule has 12 heteroatoms. The number of nitrogens with two attached hydrogens (primary N) is 1. The van der Waals surface area contributed by atoms with E-state index < -0.39 is 16.2 Å². The zero-order valence-electron chi connectivity index (χ0n) is 12.6. The van der Waals surface area contributed by atoms with Gasteiger partial charge in [-0.05, 0) is 17.7 Å². The lowest BCUT2D eigenvalue weighted by Crippen LogP contribution is -2.22.